The highest BCUT2D eigenvalue weighted by molar-refractivity contribution is 14.0. The van der Waals surface area contributed by atoms with E-state index in [-0.39, 0.29) is 36.4 Å². The third-order valence-corrected chi connectivity index (χ3v) is 2.31. The van der Waals surface area contributed by atoms with Crippen molar-refractivity contribution in [2.24, 2.45) is 10.7 Å². The van der Waals surface area contributed by atoms with Crippen LogP contribution in [0.15, 0.2) is 29.3 Å². The summed E-state index contributed by atoms with van der Waals surface area (Å²) in [4.78, 5) is 15.6. The zero-order chi connectivity index (χ0) is 15.2. The second kappa shape index (κ2) is 8.86. The fraction of sp³-hybridized carbons (Fsp3) is 0.467. The molecule has 0 aliphatic heterocycles. The average Bonchev–Trinajstić information content (AvgIpc) is 2.26. The lowest BCUT2D eigenvalue weighted by molar-refractivity contribution is -0.154. The van der Waals surface area contributed by atoms with E-state index in [1.165, 1.54) is 0 Å². The van der Waals surface area contributed by atoms with Gasteiger partial charge in [-0.1, -0.05) is 12.1 Å². The van der Waals surface area contributed by atoms with Crippen LogP contribution in [0.25, 0.3) is 0 Å². The molecule has 1 rings (SSSR count). The molecule has 0 saturated carbocycles. The summed E-state index contributed by atoms with van der Waals surface area (Å²) < 4.78 is 5.18. The maximum absolute atomic E-state index is 11.5. The topological polar surface area (TPSA) is 76.7 Å². The molecule has 21 heavy (non-hydrogen) atoms. The van der Waals surface area contributed by atoms with Crippen molar-refractivity contribution >= 4 is 41.6 Å². The average molecular weight is 405 g/mol. The van der Waals surface area contributed by atoms with Gasteiger partial charge in [0.15, 0.2) is 5.96 Å². The number of nitrogens with zero attached hydrogens (tertiary/aromatic N) is 1. The molecular formula is C15H24IN3O2. The molecule has 1 aromatic carbocycles. The number of nitrogens with two attached hydrogens (primary N) is 1. The Morgan fingerprint density at radius 2 is 2.05 bits per heavy atom. The van der Waals surface area contributed by atoms with Gasteiger partial charge in [0.05, 0.1) is 13.0 Å². The summed E-state index contributed by atoms with van der Waals surface area (Å²) in [5.74, 6) is 0.0174. The molecule has 0 atom stereocenters. The molecule has 118 valence electrons. The van der Waals surface area contributed by atoms with Gasteiger partial charge in [-0.2, -0.15) is 0 Å². The zero-order valence-corrected chi connectivity index (χ0v) is 15.3. The summed E-state index contributed by atoms with van der Waals surface area (Å²) in [7, 11) is 0. The number of rotatable bonds is 4. The first kappa shape index (κ1) is 19.7. The van der Waals surface area contributed by atoms with Crippen LogP contribution in [-0.2, 0) is 9.53 Å². The van der Waals surface area contributed by atoms with Crippen LogP contribution in [0.2, 0.25) is 0 Å². The van der Waals surface area contributed by atoms with E-state index in [1.807, 2.05) is 52.0 Å². The Bertz CT molecular complexity index is 496. The summed E-state index contributed by atoms with van der Waals surface area (Å²) in [6.45, 7) is 7.81. The molecule has 0 heterocycles. The van der Waals surface area contributed by atoms with Crippen LogP contribution in [0, 0.1) is 6.92 Å². The number of aryl methyl sites for hydroxylation is 1. The van der Waals surface area contributed by atoms with Crippen LogP contribution in [0.4, 0.5) is 5.69 Å². The first-order valence-electron chi connectivity index (χ1n) is 6.62. The van der Waals surface area contributed by atoms with Crippen LogP contribution in [-0.4, -0.2) is 24.1 Å². The van der Waals surface area contributed by atoms with Crippen molar-refractivity contribution in [1.29, 1.82) is 0 Å². The Hall–Kier alpha value is -1.31. The highest BCUT2D eigenvalue weighted by atomic mass is 127. The number of benzene rings is 1. The van der Waals surface area contributed by atoms with Gasteiger partial charge in [0.1, 0.15) is 5.60 Å². The fourth-order valence-electron chi connectivity index (χ4n) is 1.57. The highest BCUT2D eigenvalue weighted by Crippen LogP contribution is 2.09. The second-order valence-corrected chi connectivity index (χ2v) is 5.60. The summed E-state index contributed by atoms with van der Waals surface area (Å²) >= 11 is 0. The van der Waals surface area contributed by atoms with Gasteiger partial charge in [0.25, 0.3) is 0 Å². The minimum Gasteiger partial charge on any atom is -0.460 e. The summed E-state index contributed by atoms with van der Waals surface area (Å²) in [5, 5.41) is 2.98. The van der Waals surface area contributed by atoms with E-state index in [0.717, 1.165) is 11.3 Å². The molecule has 0 spiro atoms. The van der Waals surface area contributed by atoms with Gasteiger partial charge in [-0.25, -0.2) is 0 Å². The molecule has 0 amide bonds. The molecule has 0 bridgehead atoms. The number of guanidine groups is 1. The summed E-state index contributed by atoms with van der Waals surface area (Å²) in [6, 6.07) is 7.81. The number of nitrogens with one attached hydrogen (secondary N) is 1. The van der Waals surface area contributed by atoms with E-state index in [9.17, 15) is 4.79 Å². The molecule has 0 saturated heterocycles. The van der Waals surface area contributed by atoms with Crippen molar-refractivity contribution in [3.63, 3.8) is 0 Å². The first-order chi connectivity index (χ1) is 9.26. The number of anilines is 1. The van der Waals surface area contributed by atoms with Crippen LogP contribution in [0.1, 0.15) is 32.8 Å². The van der Waals surface area contributed by atoms with E-state index in [0.29, 0.717) is 12.5 Å². The molecule has 0 aromatic heterocycles. The number of hydrogen-bond acceptors (Lipinski definition) is 3. The van der Waals surface area contributed by atoms with Gasteiger partial charge in [0, 0.05) is 5.69 Å². The number of aliphatic imine (C=N–C) groups is 1. The molecular weight excluding hydrogens is 381 g/mol. The van der Waals surface area contributed by atoms with Gasteiger partial charge in [-0.15, -0.1) is 24.0 Å². The lowest BCUT2D eigenvalue weighted by Crippen LogP contribution is -2.25. The van der Waals surface area contributed by atoms with Crippen molar-refractivity contribution in [1.82, 2.24) is 0 Å². The summed E-state index contributed by atoms with van der Waals surface area (Å²) in [6.07, 6.45) is 0.216. The SMILES string of the molecule is Cc1cccc(NC(N)=NCCC(=O)OC(C)(C)C)c1.I. The monoisotopic (exact) mass is 405 g/mol. The lowest BCUT2D eigenvalue weighted by Gasteiger charge is -2.19. The highest BCUT2D eigenvalue weighted by Gasteiger charge is 2.15. The van der Waals surface area contributed by atoms with E-state index in [2.05, 4.69) is 10.3 Å². The number of esters is 1. The quantitative estimate of drug-likeness (QED) is 0.349. The summed E-state index contributed by atoms with van der Waals surface area (Å²) in [5.41, 5.74) is 7.30. The Morgan fingerprint density at radius 1 is 1.38 bits per heavy atom. The number of carbonyl (C=O) groups is 1. The largest absolute Gasteiger partial charge is 0.460 e. The van der Waals surface area contributed by atoms with Crippen LogP contribution >= 0.6 is 24.0 Å². The number of hydrogen-bond donors (Lipinski definition) is 2. The van der Waals surface area contributed by atoms with Gasteiger partial charge in [-0.3, -0.25) is 9.79 Å². The fourth-order valence-corrected chi connectivity index (χ4v) is 1.57. The van der Waals surface area contributed by atoms with E-state index < -0.39 is 5.60 Å². The minimum atomic E-state index is -0.466. The maximum atomic E-state index is 11.5. The van der Waals surface area contributed by atoms with Gasteiger partial charge in [-0.05, 0) is 45.4 Å². The predicted octanol–water partition coefficient (Wildman–Crippen LogP) is 3.07. The van der Waals surface area contributed by atoms with Crippen molar-refractivity contribution in [3.8, 4) is 0 Å². The third-order valence-electron chi connectivity index (χ3n) is 2.31. The molecule has 0 unspecified atom stereocenters. The van der Waals surface area contributed by atoms with Crippen LogP contribution in [0.5, 0.6) is 0 Å². The normalized spacial score (nSPS) is 11.5. The lowest BCUT2D eigenvalue weighted by atomic mass is 10.2. The molecule has 0 fully saturated rings. The smallest absolute Gasteiger partial charge is 0.308 e. The van der Waals surface area contributed by atoms with E-state index >= 15 is 0 Å². The zero-order valence-electron chi connectivity index (χ0n) is 13.0. The predicted molar refractivity (Wildman–Crippen MR) is 97.2 cm³/mol. The van der Waals surface area contributed by atoms with Crippen molar-refractivity contribution in [2.45, 2.75) is 39.7 Å². The maximum Gasteiger partial charge on any atom is 0.308 e. The first-order valence-corrected chi connectivity index (χ1v) is 6.62. The second-order valence-electron chi connectivity index (χ2n) is 5.60. The van der Waals surface area contributed by atoms with Gasteiger partial charge >= 0.3 is 5.97 Å². The third kappa shape index (κ3) is 9.28. The Morgan fingerprint density at radius 3 is 2.62 bits per heavy atom. The number of carbonyl (C=O) groups excluding carboxylic acids is 1. The molecule has 6 heteroatoms. The number of halogens is 1. The number of ether oxygens (including phenoxy) is 1. The molecule has 0 aliphatic rings. The van der Waals surface area contributed by atoms with Crippen molar-refractivity contribution < 1.29 is 9.53 Å². The van der Waals surface area contributed by atoms with Gasteiger partial charge in [0.2, 0.25) is 0 Å². The van der Waals surface area contributed by atoms with E-state index in [4.69, 9.17) is 10.5 Å². The standard InChI is InChI=1S/C15H23N3O2.HI/c1-11-6-5-7-12(10-11)18-14(16)17-9-8-13(19)20-15(2,3)4;/h5-7,10H,8-9H2,1-4H3,(H3,16,17,18);1H. The van der Waals surface area contributed by atoms with Crippen LogP contribution < -0.4 is 11.1 Å². The van der Waals surface area contributed by atoms with Crippen molar-refractivity contribution in [3.05, 3.63) is 29.8 Å². The van der Waals surface area contributed by atoms with Crippen molar-refractivity contribution in [2.75, 3.05) is 11.9 Å². The van der Waals surface area contributed by atoms with Crippen LogP contribution in [0.3, 0.4) is 0 Å². The minimum absolute atomic E-state index is 0. The molecule has 0 aliphatic carbocycles. The molecule has 0 radical (unpaired) electrons. The Balaban J connectivity index is 0.00000400. The Labute approximate surface area is 143 Å². The molecule has 1 aromatic rings. The molecule has 5 nitrogen and oxygen atoms in total. The van der Waals surface area contributed by atoms with E-state index in [1.54, 1.807) is 0 Å². The molecule has 3 N–H and O–H groups in total. The van der Waals surface area contributed by atoms with Gasteiger partial charge < -0.3 is 15.8 Å². The Kier molecular flexibility index (Phi) is 8.31.